The van der Waals surface area contributed by atoms with Crippen LogP contribution in [0.25, 0.3) is 0 Å². The first kappa shape index (κ1) is 11.2. The Hall–Kier alpha value is -1.30. The molecule has 0 atom stereocenters. The summed E-state index contributed by atoms with van der Waals surface area (Å²) in [6.45, 7) is 2.62. The number of hydrogen-bond acceptors (Lipinski definition) is 3. The molecule has 0 N–H and O–H groups in total. The van der Waals surface area contributed by atoms with Gasteiger partial charge in [-0.3, -0.25) is 0 Å². The topological polar surface area (TPSA) is 19.4 Å². The Morgan fingerprint density at radius 3 is 2.31 bits per heavy atom. The van der Waals surface area contributed by atoms with E-state index in [1.165, 1.54) is 0 Å². The number of piperazine rings is 1. The summed E-state index contributed by atoms with van der Waals surface area (Å²) in [5.74, 6) is -3.43. The molecular weight excluding hydrogens is 219 g/mol. The molecule has 0 amide bonds. The van der Waals surface area contributed by atoms with Crippen LogP contribution in [0.2, 0.25) is 0 Å². The Morgan fingerprint density at radius 1 is 1.06 bits per heavy atom. The maximum absolute atomic E-state index is 13.4. The van der Waals surface area contributed by atoms with Crippen LogP contribution in [0.3, 0.4) is 0 Å². The molecule has 1 fully saturated rings. The van der Waals surface area contributed by atoms with Crippen molar-refractivity contribution in [3.63, 3.8) is 0 Å². The van der Waals surface area contributed by atoms with Crippen molar-refractivity contribution in [2.45, 2.75) is 0 Å². The maximum Gasteiger partial charge on any atom is 0.251 e. The molecule has 3 nitrogen and oxygen atoms in total. The SMILES string of the molecule is CN1CCN(c2nc(F)c(F)cc2F)CC1. The lowest BCUT2D eigenvalue weighted by Crippen LogP contribution is -2.45. The van der Waals surface area contributed by atoms with Gasteiger partial charge < -0.3 is 9.80 Å². The van der Waals surface area contributed by atoms with Gasteiger partial charge in [0.2, 0.25) is 0 Å². The third-order valence-electron chi connectivity index (χ3n) is 2.67. The molecule has 0 unspecified atom stereocenters. The predicted molar refractivity (Wildman–Crippen MR) is 53.8 cm³/mol. The first-order valence-corrected chi connectivity index (χ1v) is 5.03. The van der Waals surface area contributed by atoms with Crippen molar-refractivity contribution in [1.29, 1.82) is 0 Å². The van der Waals surface area contributed by atoms with Crippen LogP contribution in [0.15, 0.2) is 6.07 Å². The second-order valence-corrected chi connectivity index (χ2v) is 3.86. The highest BCUT2D eigenvalue weighted by Gasteiger charge is 2.20. The summed E-state index contributed by atoms with van der Waals surface area (Å²) >= 11 is 0. The number of halogens is 3. The second-order valence-electron chi connectivity index (χ2n) is 3.86. The van der Waals surface area contributed by atoms with Gasteiger partial charge in [-0.05, 0) is 7.05 Å². The highest BCUT2D eigenvalue weighted by molar-refractivity contribution is 5.40. The molecule has 0 aliphatic carbocycles. The smallest absolute Gasteiger partial charge is 0.251 e. The van der Waals surface area contributed by atoms with E-state index in [1.807, 2.05) is 7.05 Å². The minimum absolute atomic E-state index is 0.105. The van der Waals surface area contributed by atoms with E-state index in [4.69, 9.17) is 0 Å². The lowest BCUT2D eigenvalue weighted by atomic mass is 10.3. The van der Waals surface area contributed by atoms with Crippen LogP contribution < -0.4 is 4.90 Å². The number of rotatable bonds is 1. The van der Waals surface area contributed by atoms with Crippen molar-refractivity contribution in [2.75, 3.05) is 38.1 Å². The number of likely N-dealkylation sites (N-methyl/N-ethyl adjacent to an activating group) is 1. The van der Waals surface area contributed by atoms with Crippen molar-refractivity contribution >= 4 is 5.82 Å². The normalized spacial score (nSPS) is 17.9. The van der Waals surface area contributed by atoms with E-state index in [1.54, 1.807) is 4.90 Å². The van der Waals surface area contributed by atoms with Crippen LogP contribution in [0.1, 0.15) is 0 Å². The average molecular weight is 231 g/mol. The lowest BCUT2D eigenvalue weighted by Gasteiger charge is -2.33. The highest BCUT2D eigenvalue weighted by Crippen LogP contribution is 2.19. The van der Waals surface area contributed by atoms with Crippen LogP contribution in [-0.2, 0) is 0 Å². The maximum atomic E-state index is 13.4. The molecule has 1 saturated heterocycles. The van der Waals surface area contributed by atoms with E-state index in [0.29, 0.717) is 19.2 Å². The molecule has 0 aromatic carbocycles. The summed E-state index contributed by atoms with van der Waals surface area (Å²) < 4.78 is 39.0. The van der Waals surface area contributed by atoms with Gasteiger partial charge in [0.15, 0.2) is 17.5 Å². The van der Waals surface area contributed by atoms with Gasteiger partial charge in [-0.1, -0.05) is 0 Å². The number of nitrogens with zero attached hydrogens (tertiary/aromatic N) is 3. The molecule has 1 aliphatic rings. The third-order valence-corrected chi connectivity index (χ3v) is 2.67. The Kier molecular flexibility index (Phi) is 3.00. The summed E-state index contributed by atoms with van der Waals surface area (Å²) in [5.41, 5.74) is 0. The van der Waals surface area contributed by atoms with Crippen LogP contribution >= 0.6 is 0 Å². The van der Waals surface area contributed by atoms with Gasteiger partial charge in [0.25, 0.3) is 5.95 Å². The molecule has 1 aromatic heterocycles. The number of aromatic nitrogens is 1. The number of anilines is 1. The quantitative estimate of drug-likeness (QED) is 0.678. The summed E-state index contributed by atoms with van der Waals surface area (Å²) in [7, 11) is 1.95. The van der Waals surface area contributed by atoms with Crippen molar-refractivity contribution in [3.05, 3.63) is 23.6 Å². The van der Waals surface area contributed by atoms with Crippen LogP contribution in [-0.4, -0.2) is 43.1 Å². The monoisotopic (exact) mass is 231 g/mol. The Bertz CT molecular complexity index is 389. The molecule has 88 valence electrons. The zero-order chi connectivity index (χ0) is 11.7. The molecule has 0 spiro atoms. The first-order valence-electron chi connectivity index (χ1n) is 5.03. The summed E-state index contributed by atoms with van der Waals surface area (Å²) in [5, 5.41) is 0. The highest BCUT2D eigenvalue weighted by atomic mass is 19.2. The van der Waals surface area contributed by atoms with Crippen LogP contribution in [0.5, 0.6) is 0 Å². The molecule has 2 rings (SSSR count). The molecule has 16 heavy (non-hydrogen) atoms. The zero-order valence-corrected chi connectivity index (χ0v) is 8.88. The molecule has 0 saturated carbocycles. The molecule has 1 aromatic rings. The molecular formula is C10H12F3N3. The fourth-order valence-electron chi connectivity index (χ4n) is 1.68. The summed E-state index contributed by atoms with van der Waals surface area (Å²) in [6, 6.07) is 0.538. The van der Waals surface area contributed by atoms with E-state index < -0.39 is 17.6 Å². The summed E-state index contributed by atoms with van der Waals surface area (Å²) in [4.78, 5) is 7.01. The second kappa shape index (κ2) is 4.29. The van der Waals surface area contributed by atoms with Crippen molar-refractivity contribution in [2.24, 2.45) is 0 Å². The molecule has 2 heterocycles. The predicted octanol–water partition coefficient (Wildman–Crippen LogP) is 1.25. The molecule has 0 bridgehead atoms. The van der Waals surface area contributed by atoms with Gasteiger partial charge in [0, 0.05) is 32.2 Å². The number of pyridine rings is 1. The Labute approximate surface area is 91.5 Å². The number of hydrogen-bond donors (Lipinski definition) is 0. The average Bonchev–Trinajstić information content (AvgIpc) is 2.25. The Morgan fingerprint density at radius 2 is 1.69 bits per heavy atom. The van der Waals surface area contributed by atoms with Gasteiger partial charge in [-0.2, -0.15) is 9.37 Å². The van der Waals surface area contributed by atoms with E-state index >= 15 is 0 Å². The Balaban J connectivity index is 2.23. The largest absolute Gasteiger partial charge is 0.352 e. The first-order chi connectivity index (χ1) is 7.58. The third kappa shape index (κ3) is 2.11. The van der Waals surface area contributed by atoms with E-state index in [9.17, 15) is 13.2 Å². The lowest BCUT2D eigenvalue weighted by molar-refractivity contribution is 0.310. The van der Waals surface area contributed by atoms with Crippen LogP contribution in [0, 0.1) is 17.6 Å². The van der Waals surface area contributed by atoms with Crippen molar-refractivity contribution in [1.82, 2.24) is 9.88 Å². The fraction of sp³-hybridized carbons (Fsp3) is 0.500. The van der Waals surface area contributed by atoms with Crippen molar-refractivity contribution < 1.29 is 13.2 Å². The standard InChI is InChI=1S/C10H12F3N3/c1-15-2-4-16(5-3-15)10-8(12)6-7(11)9(13)14-10/h6H,2-5H2,1H3. The van der Waals surface area contributed by atoms with E-state index in [-0.39, 0.29) is 5.82 Å². The summed E-state index contributed by atoms with van der Waals surface area (Å²) in [6.07, 6.45) is 0. The van der Waals surface area contributed by atoms with Gasteiger partial charge in [-0.15, -0.1) is 0 Å². The van der Waals surface area contributed by atoms with Gasteiger partial charge >= 0.3 is 0 Å². The van der Waals surface area contributed by atoms with Gasteiger partial charge in [-0.25, -0.2) is 8.78 Å². The molecule has 0 radical (unpaired) electrons. The zero-order valence-electron chi connectivity index (χ0n) is 8.88. The molecule has 1 aliphatic heterocycles. The minimum atomic E-state index is -1.25. The fourth-order valence-corrected chi connectivity index (χ4v) is 1.68. The van der Waals surface area contributed by atoms with Gasteiger partial charge in [0.1, 0.15) is 0 Å². The van der Waals surface area contributed by atoms with E-state index in [2.05, 4.69) is 9.88 Å². The minimum Gasteiger partial charge on any atom is -0.352 e. The van der Waals surface area contributed by atoms with Gasteiger partial charge in [0.05, 0.1) is 0 Å². The van der Waals surface area contributed by atoms with Crippen LogP contribution in [0.4, 0.5) is 19.0 Å². The van der Waals surface area contributed by atoms with E-state index in [0.717, 1.165) is 13.1 Å². The molecule has 6 heteroatoms. The van der Waals surface area contributed by atoms with Crippen molar-refractivity contribution in [3.8, 4) is 0 Å².